The standard InChI is InChI=1S/C22H24F4O/c1-14-3-5-15(6-4-14)16-7-8-18(19(24)11-16)17-12-20(25)22(21(26)13-17)27-10-2-9-23/h7-8,11-15H,2-6,9-10H2,1H3. The van der Waals surface area contributed by atoms with Crippen molar-refractivity contribution in [3.8, 4) is 16.9 Å². The maximum absolute atomic E-state index is 14.7. The molecule has 0 unspecified atom stereocenters. The van der Waals surface area contributed by atoms with Crippen molar-refractivity contribution in [3.63, 3.8) is 0 Å². The van der Waals surface area contributed by atoms with Crippen molar-refractivity contribution in [1.82, 2.24) is 0 Å². The molecule has 27 heavy (non-hydrogen) atoms. The monoisotopic (exact) mass is 380 g/mol. The van der Waals surface area contributed by atoms with Gasteiger partial charge in [0, 0.05) is 12.0 Å². The van der Waals surface area contributed by atoms with Crippen LogP contribution in [0.15, 0.2) is 30.3 Å². The average molecular weight is 380 g/mol. The van der Waals surface area contributed by atoms with Gasteiger partial charge in [-0.05, 0) is 54.0 Å². The van der Waals surface area contributed by atoms with Crippen LogP contribution in [0.1, 0.15) is 50.5 Å². The molecule has 0 saturated heterocycles. The van der Waals surface area contributed by atoms with E-state index in [1.165, 1.54) is 6.07 Å². The van der Waals surface area contributed by atoms with Crippen LogP contribution >= 0.6 is 0 Å². The first-order valence-corrected chi connectivity index (χ1v) is 9.47. The predicted molar refractivity (Wildman–Crippen MR) is 98.2 cm³/mol. The van der Waals surface area contributed by atoms with Crippen LogP contribution in [0.5, 0.6) is 5.75 Å². The van der Waals surface area contributed by atoms with Crippen LogP contribution < -0.4 is 4.74 Å². The lowest BCUT2D eigenvalue weighted by Crippen LogP contribution is -2.11. The van der Waals surface area contributed by atoms with Gasteiger partial charge in [-0.3, -0.25) is 4.39 Å². The van der Waals surface area contributed by atoms with Gasteiger partial charge < -0.3 is 4.74 Å². The minimum absolute atomic E-state index is 0.0522. The summed E-state index contributed by atoms with van der Waals surface area (Å²) in [5, 5.41) is 0. The molecule has 0 N–H and O–H groups in total. The zero-order valence-corrected chi connectivity index (χ0v) is 15.4. The van der Waals surface area contributed by atoms with E-state index in [0.29, 0.717) is 11.8 Å². The topological polar surface area (TPSA) is 9.23 Å². The second kappa shape index (κ2) is 8.77. The van der Waals surface area contributed by atoms with Crippen molar-refractivity contribution < 1.29 is 22.3 Å². The van der Waals surface area contributed by atoms with Gasteiger partial charge in [0.2, 0.25) is 0 Å². The highest BCUT2D eigenvalue weighted by molar-refractivity contribution is 5.66. The Morgan fingerprint density at radius 2 is 1.59 bits per heavy atom. The van der Waals surface area contributed by atoms with Gasteiger partial charge in [-0.15, -0.1) is 0 Å². The van der Waals surface area contributed by atoms with Gasteiger partial charge in [0.15, 0.2) is 17.4 Å². The van der Waals surface area contributed by atoms with E-state index < -0.39 is 29.9 Å². The van der Waals surface area contributed by atoms with E-state index in [0.717, 1.165) is 43.4 Å². The van der Waals surface area contributed by atoms with Crippen molar-refractivity contribution in [2.24, 2.45) is 5.92 Å². The van der Waals surface area contributed by atoms with Crippen LogP contribution in [-0.4, -0.2) is 13.3 Å². The Balaban J connectivity index is 1.82. The number of ether oxygens (including phenoxy) is 1. The third-order valence-electron chi connectivity index (χ3n) is 5.31. The summed E-state index contributed by atoms with van der Waals surface area (Å²) in [5.41, 5.74) is 1.20. The van der Waals surface area contributed by atoms with E-state index in [-0.39, 0.29) is 24.2 Å². The summed E-state index contributed by atoms with van der Waals surface area (Å²) in [6, 6.07) is 7.01. The van der Waals surface area contributed by atoms with Crippen LogP contribution in [0.3, 0.4) is 0 Å². The van der Waals surface area contributed by atoms with Gasteiger partial charge >= 0.3 is 0 Å². The van der Waals surface area contributed by atoms with Gasteiger partial charge in [0.05, 0.1) is 13.3 Å². The van der Waals surface area contributed by atoms with Gasteiger partial charge in [-0.2, -0.15) is 0 Å². The summed E-state index contributed by atoms with van der Waals surface area (Å²) in [7, 11) is 0. The molecule has 0 aliphatic heterocycles. The van der Waals surface area contributed by atoms with Crippen LogP contribution in [0, 0.1) is 23.4 Å². The molecule has 1 aliphatic carbocycles. The Kier molecular flexibility index (Phi) is 6.40. The summed E-state index contributed by atoms with van der Waals surface area (Å²) in [5.74, 6) is -1.84. The first-order valence-electron chi connectivity index (χ1n) is 9.47. The van der Waals surface area contributed by atoms with Crippen LogP contribution in [-0.2, 0) is 0 Å². The fourth-order valence-electron chi connectivity index (χ4n) is 3.69. The zero-order chi connectivity index (χ0) is 19.4. The Labute approximate surface area is 157 Å². The molecule has 0 spiro atoms. The Hall–Kier alpha value is -2.04. The smallest absolute Gasteiger partial charge is 0.190 e. The molecule has 146 valence electrons. The van der Waals surface area contributed by atoms with E-state index in [4.69, 9.17) is 4.74 Å². The zero-order valence-electron chi connectivity index (χ0n) is 15.4. The lowest BCUT2D eigenvalue weighted by atomic mass is 9.79. The summed E-state index contributed by atoms with van der Waals surface area (Å²) < 4.78 is 60.1. The summed E-state index contributed by atoms with van der Waals surface area (Å²) in [6.45, 7) is 1.49. The second-order valence-corrected chi connectivity index (χ2v) is 7.36. The first kappa shape index (κ1) is 19.7. The van der Waals surface area contributed by atoms with Crippen molar-refractivity contribution in [1.29, 1.82) is 0 Å². The number of benzene rings is 2. The molecule has 0 amide bonds. The highest BCUT2D eigenvalue weighted by atomic mass is 19.1. The molecule has 0 atom stereocenters. The van der Waals surface area contributed by atoms with Crippen LogP contribution in [0.2, 0.25) is 0 Å². The number of halogens is 4. The molecule has 0 aromatic heterocycles. The SMILES string of the molecule is CC1CCC(c2ccc(-c3cc(F)c(OCCCF)c(F)c3)c(F)c2)CC1. The van der Waals surface area contributed by atoms with Crippen molar-refractivity contribution in [3.05, 3.63) is 53.3 Å². The quantitative estimate of drug-likeness (QED) is 0.395. The number of alkyl halides is 1. The number of hydrogen-bond donors (Lipinski definition) is 0. The van der Waals surface area contributed by atoms with Crippen LogP contribution in [0.4, 0.5) is 17.6 Å². The second-order valence-electron chi connectivity index (χ2n) is 7.36. The Morgan fingerprint density at radius 3 is 2.19 bits per heavy atom. The molecule has 5 heteroatoms. The minimum atomic E-state index is -0.923. The van der Waals surface area contributed by atoms with E-state index in [2.05, 4.69) is 6.92 Å². The lowest BCUT2D eigenvalue weighted by molar-refractivity contribution is 0.265. The molecule has 1 aliphatic rings. The maximum atomic E-state index is 14.7. The summed E-state index contributed by atoms with van der Waals surface area (Å²) in [6.07, 6.45) is 4.39. The molecule has 0 heterocycles. The molecular weight excluding hydrogens is 356 g/mol. The molecule has 1 saturated carbocycles. The van der Waals surface area contributed by atoms with Crippen LogP contribution in [0.25, 0.3) is 11.1 Å². The third-order valence-corrected chi connectivity index (χ3v) is 5.31. The minimum Gasteiger partial charge on any atom is -0.488 e. The molecular formula is C22H24F4O. The van der Waals surface area contributed by atoms with Crippen molar-refractivity contribution in [2.45, 2.75) is 44.9 Å². The molecule has 3 rings (SSSR count). The molecule has 0 radical (unpaired) electrons. The van der Waals surface area contributed by atoms with E-state index in [1.54, 1.807) is 6.07 Å². The molecule has 0 bridgehead atoms. The molecule has 2 aromatic carbocycles. The summed E-state index contributed by atoms with van der Waals surface area (Å²) >= 11 is 0. The van der Waals surface area contributed by atoms with Gasteiger partial charge in [-0.1, -0.05) is 31.9 Å². The highest BCUT2D eigenvalue weighted by Crippen LogP contribution is 2.37. The lowest BCUT2D eigenvalue weighted by Gasteiger charge is -2.26. The van der Waals surface area contributed by atoms with E-state index in [9.17, 15) is 17.6 Å². The molecule has 1 nitrogen and oxygen atoms in total. The van der Waals surface area contributed by atoms with E-state index in [1.807, 2.05) is 6.07 Å². The average Bonchev–Trinajstić information content (AvgIpc) is 2.64. The fraction of sp³-hybridized carbons (Fsp3) is 0.455. The molecule has 2 aromatic rings. The predicted octanol–water partition coefficient (Wildman–Crippen LogP) is 6.80. The maximum Gasteiger partial charge on any atom is 0.190 e. The van der Waals surface area contributed by atoms with Gasteiger partial charge in [0.25, 0.3) is 0 Å². The largest absolute Gasteiger partial charge is 0.488 e. The summed E-state index contributed by atoms with van der Waals surface area (Å²) in [4.78, 5) is 0. The van der Waals surface area contributed by atoms with Gasteiger partial charge in [-0.25, -0.2) is 13.2 Å². The highest BCUT2D eigenvalue weighted by Gasteiger charge is 2.21. The molecule has 1 fully saturated rings. The Bertz CT molecular complexity index is 759. The number of rotatable bonds is 6. The van der Waals surface area contributed by atoms with Crippen molar-refractivity contribution >= 4 is 0 Å². The number of hydrogen-bond acceptors (Lipinski definition) is 1. The fourth-order valence-corrected chi connectivity index (χ4v) is 3.69. The normalized spacial score (nSPS) is 19.9. The van der Waals surface area contributed by atoms with Crippen molar-refractivity contribution in [2.75, 3.05) is 13.3 Å². The Morgan fingerprint density at radius 1 is 0.926 bits per heavy atom. The first-order chi connectivity index (χ1) is 13.0. The van der Waals surface area contributed by atoms with E-state index >= 15 is 0 Å². The third kappa shape index (κ3) is 4.63. The van der Waals surface area contributed by atoms with Gasteiger partial charge in [0.1, 0.15) is 5.82 Å².